The van der Waals surface area contributed by atoms with Crippen LogP contribution in [0.25, 0.3) is 0 Å². The maximum absolute atomic E-state index is 11.7. The number of hydrogen-bond donors (Lipinski definition) is 1. The van der Waals surface area contributed by atoms with Crippen molar-refractivity contribution in [1.29, 1.82) is 0 Å². The van der Waals surface area contributed by atoms with Gasteiger partial charge in [-0.2, -0.15) is 0 Å². The molecule has 0 bridgehead atoms. The van der Waals surface area contributed by atoms with E-state index in [4.69, 9.17) is 10.5 Å². The molecule has 2 heterocycles. The Labute approximate surface area is 105 Å². The zero-order valence-corrected chi connectivity index (χ0v) is 10.9. The van der Waals surface area contributed by atoms with Crippen molar-refractivity contribution < 1.29 is 9.53 Å². The van der Waals surface area contributed by atoms with E-state index in [1.807, 2.05) is 6.07 Å². The summed E-state index contributed by atoms with van der Waals surface area (Å²) in [5.74, 6) is -0.307. The largest absolute Gasteiger partial charge is 0.462 e. The highest BCUT2D eigenvalue weighted by Crippen LogP contribution is 2.34. The minimum Gasteiger partial charge on any atom is -0.462 e. The molecule has 2 rings (SSSR count). The van der Waals surface area contributed by atoms with E-state index < -0.39 is 0 Å². The highest BCUT2D eigenvalue weighted by atomic mass is 32.1. The van der Waals surface area contributed by atoms with Crippen molar-refractivity contribution in [2.24, 2.45) is 0 Å². The second-order valence-corrected chi connectivity index (χ2v) is 5.17. The summed E-state index contributed by atoms with van der Waals surface area (Å²) in [6, 6.07) is 1.89. The zero-order chi connectivity index (χ0) is 12.3. The van der Waals surface area contributed by atoms with E-state index in [9.17, 15) is 4.79 Å². The van der Waals surface area contributed by atoms with Gasteiger partial charge in [-0.15, -0.1) is 11.3 Å². The van der Waals surface area contributed by atoms with Crippen LogP contribution in [-0.2, 0) is 4.74 Å². The van der Waals surface area contributed by atoms with Crippen LogP contribution < -0.4 is 10.6 Å². The first kappa shape index (κ1) is 12.2. The summed E-state index contributed by atoms with van der Waals surface area (Å²) >= 11 is 1.44. The summed E-state index contributed by atoms with van der Waals surface area (Å²) in [6.45, 7) is 4.30. The van der Waals surface area contributed by atoms with Crippen LogP contribution in [0.2, 0.25) is 0 Å². The van der Waals surface area contributed by atoms with Gasteiger partial charge in [0.25, 0.3) is 0 Å². The first-order valence-corrected chi connectivity index (χ1v) is 6.85. The standard InChI is InChI=1S/C12H18N2O2S/c1-2-16-12(15)11-9(13)8-10(17-11)14-6-4-3-5-7-14/h8H,2-7,13H2,1H3. The molecule has 2 N–H and O–H groups in total. The normalized spacial score (nSPS) is 15.9. The molecule has 0 saturated carbocycles. The van der Waals surface area contributed by atoms with Crippen LogP contribution in [0.1, 0.15) is 35.9 Å². The topological polar surface area (TPSA) is 55.6 Å². The molecule has 0 aliphatic carbocycles. The highest BCUT2D eigenvalue weighted by molar-refractivity contribution is 7.18. The number of rotatable bonds is 3. The Balaban J connectivity index is 2.14. The van der Waals surface area contributed by atoms with Crippen LogP contribution in [0.4, 0.5) is 10.7 Å². The molecule has 1 aliphatic heterocycles. The third kappa shape index (κ3) is 2.72. The second kappa shape index (κ2) is 5.40. The number of nitrogens with two attached hydrogens (primary N) is 1. The van der Waals surface area contributed by atoms with Crippen LogP contribution in [0, 0.1) is 0 Å². The number of nitrogens with zero attached hydrogens (tertiary/aromatic N) is 1. The predicted octanol–water partition coefficient (Wildman–Crippen LogP) is 2.50. The van der Waals surface area contributed by atoms with Gasteiger partial charge in [-0.3, -0.25) is 0 Å². The van der Waals surface area contributed by atoms with Gasteiger partial charge in [-0.25, -0.2) is 4.79 Å². The Morgan fingerprint density at radius 3 is 2.82 bits per heavy atom. The van der Waals surface area contributed by atoms with Gasteiger partial charge < -0.3 is 15.4 Å². The Bertz CT molecular complexity index is 397. The minimum atomic E-state index is -0.307. The Morgan fingerprint density at radius 2 is 2.18 bits per heavy atom. The SMILES string of the molecule is CCOC(=O)c1sc(N2CCCCC2)cc1N. The first-order valence-electron chi connectivity index (χ1n) is 6.03. The zero-order valence-electron chi connectivity index (χ0n) is 10.1. The molecule has 0 atom stereocenters. The first-order chi connectivity index (χ1) is 8.22. The molecule has 0 spiro atoms. The van der Waals surface area contributed by atoms with Gasteiger partial charge >= 0.3 is 5.97 Å². The molecule has 0 aromatic carbocycles. The Hall–Kier alpha value is -1.23. The molecule has 17 heavy (non-hydrogen) atoms. The highest BCUT2D eigenvalue weighted by Gasteiger charge is 2.19. The molecule has 94 valence electrons. The summed E-state index contributed by atoms with van der Waals surface area (Å²) in [7, 11) is 0. The van der Waals surface area contributed by atoms with Gasteiger partial charge in [0.15, 0.2) is 0 Å². The monoisotopic (exact) mass is 254 g/mol. The number of anilines is 2. The lowest BCUT2D eigenvalue weighted by molar-refractivity contribution is 0.0533. The fourth-order valence-corrected chi connectivity index (χ4v) is 3.04. The summed E-state index contributed by atoms with van der Waals surface area (Å²) in [5, 5.41) is 1.09. The Morgan fingerprint density at radius 1 is 1.47 bits per heavy atom. The maximum atomic E-state index is 11.7. The van der Waals surface area contributed by atoms with Gasteiger partial charge in [0.05, 0.1) is 17.3 Å². The fourth-order valence-electron chi connectivity index (χ4n) is 2.02. The van der Waals surface area contributed by atoms with Gasteiger partial charge in [0, 0.05) is 13.1 Å². The lowest BCUT2D eigenvalue weighted by atomic mass is 10.1. The number of nitrogen functional groups attached to an aromatic ring is 1. The molecule has 1 aromatic rings. The number of ether oxygens (including phenoxy) is 1. The van der Waals surface area contributed by atoms with Crippen LogP contribution >= 0.6 is 11.3 Å². The maximum Gasteiger partial charge on any atom is 0.350 e. The van der Waals surface area contributed by atoms with Crippen molar-refractivity contribution in [2.45, 2.75) is 26.2 Å². The number of hydrogen-bond acceptors (Lipinski definition) is 5. The van der Waals surface area contributed by atoms with E-state index in [1.54, 1.807) is 6.92 Å². The summed E-state index contributed by atoms with van der Waals surface area (Å²) in [4.78, 5) is 14.5. The molecule has 1 saturated heterocycles. The van der Waals surface area contributed by atoms with Crippen molar-refractivity contribution in [2.75, 3.05) is 30.3 Å². The summed E-state index contributed by atoms with van der Waals surface area (Å²) < 4.78 is 4.98. The van der Waals surface area contributed by atoms with E-state index in [1.165, 1.54) is 30.6 Å². The predicted molar refractivity (Wildman–Crippen MR) is 70.8 cm³/mol. The second-order valence-electron chi connectivity index (χ2n) is 4.14. The van der Waals surface area contributed by atoms with Crippen LogP contribution in [0.3, 0.4) is 0 Å². The molecule has 0 unspecified atom stereocenters. The molecule has 0 radical (unpaired) electrons. The number of thiophene rings is 1. The van der Waals surface area contributed by atoms with Gasteiger partial charge in [0.1, 0.15) is 4.88 Å². The van der Waals surface area contributed by atoms with Crippen molar-refractivity contribution in [3.8, 4) is 0 Å². The molecule has 5 heteroatoms. The van der Waals surface area contributed by atoms with E-state index in [2.05, 4.69) is 4.90 Å². The lowest BCUT2D eigenvalue weighted by Gasteiger charge is -2.26. The van der Waals surface area contributed by atoms with Gasteiger partial charge in [-0.05, 0) is 32.3 Å². The average molecular weight is 254 g/mol. The van der Waals surface area contributed by atoms with Gasteiger partial charge in [-0.1, -0.05) is 0 Å². The van der Waals surface area contributed by atoms with Crippen molar-refractivity contribution >= 4 is 28.0 Å². The molecule has 0 amide bonds. The Kier molecular flexibility index (Phi) is 3.89. The number of carbonyl (C=O) groups is 1. The molecular formula is C12H18N2O2S. The van der Waals surface area contributed by atoms with Crippen LogP contribution in [-0.4, -0.2) is 25.7 Å². The van der Waals surface area contributed by atoms with Crippen LogP contribution in [0.15, 0.2) is 6.07 Å². The van der Waals surface area contributed by atoms with E-state index in [-0.39, 0.29) is 5.97 Å². The molecular weight excluding hydrogens is 236 g/mol. The smallest absolute Gasteiger partial charge is 0.350 e. The number of esters is 1. The van der Waals surface area contributed by atoms with Crippen molar-refractivity contribution in [3.63, 3.8) is 0 Å². The van der Waals surface area contributed by atoms with E-state index in [0.717, 1.165) is 18.1 Å². The van der Waals surface area contributed by atoms with E-state index in [0.29, 0.717) is 17.2 Å². The van der Waals surface area contributed by atoms with Gasteiger partial charge in [0.2, 0.25) is 0 Å². The fraction of sp³-hybridized carbons (Fsp3) is 0.583. The summed E-state index contributed by atoms with van der Waals surface area (Å²) in [5.41, 5.74) is 6.40. The van der Waals surface area contributed by atoms with E-state index >= 15 is 0 Å². The quantitative estimate of drug-likeness (QED) is 0.842. The third-order valence-electron chi connectivity index (χ3n) is 2.88. The molecule has 1 aromatic heterocycles. The number of piperidine rings is 1. The molecule has 4 nitrogen and oxygen atoms in total. The number of carbonyl (C=O) groups excluding carboxylic acids is 1. The minimum absolute atomic E-state index is 0.307. The van der Waals surface area contributed by atoms with Crippen molar-refractivity contribution in [3.05, 3.63) is 10.9 Å². The summed E-state index contributed by atoms with van der Waals surface area (Å²) in [6.07, 6.45) is 3.72. The molecule has 1 fully saturated rings. The van der Waals surface area contributed by atoms with Crippen LogP contribution in [0.5, 0.6) is 0 Å². The molecule has 1 aliphatic rings. The van der Waals surface area contributed by atoms with Crippen molar-refractivity contribution in [1.82, 2.24) is 0 Å². The third-order valence-corrected chi connectivity index (χ3v) is 4.07. The lowest BCUT2D eigenvalue weighted by Crippen LogP contribution is -2.28. The average Bonchev–Trinajstić information content (AvgIpc) is 2.73.